The van der Waals surface area contributed by atoms with Gasteiger partial charge >= 0.3 is 0 Å². The fraction of sp³-hybridized carbons (Fsp3) is 0.146. The van der Waals surface area contributed by atoms with Crippen LogP contribution < -0.4 is 26.5 Å². The number of methoxy groups -OCH3 is 1. The second kappa shape index (κ2) is 13.9. The first kappa shape index (κ1) is 30.9. The Morgan fingerprint density at radius 3 is 1.48 bits per heavy atom. The zero-order valence-corrected chi connectivity index (χ0v) is 27.9. The van der Waals surface area contributed by atoms with E-state index < -0.39 is 15.8 Å². The van der Waals surface area contributed by atoms with Crippen molar-refractivity contribution in [3.63, 3.8) is 0 Å². The smallest absolute Gasteiger partial charge is 0.0902 e. The molecule has 0 aromatic heterocycles. The van der Waals surface area contributed by atoms with Gasteiger partial charge in [-0.15, -0.1) is 0 Å². The first-order valence-corrected chi connectivity index (χ1v) is 17.9. The van der Waals surface area contributed by atoms with Crippen LogP contribution in [0.15, 0.2) is 121 Å². The Morgan fingerprint density at radius 2 is 0.977 bits per heavy atom. The van der Waals surface area contributed by atoms with Gasteiger partial charge in [-0.05, 0) is 94.9 Å². The summed E-state index contributed by atoms with van der Waals surface area (Å²) in [4.78, 5) is 0. The minimum absolute atomic E-state index is 0.199. The largest absolute Gasteiger partial charge is 0.376 e. The molecular weight excluding hydrogens is 570 g/mol. The van der Waals surface area contributed by atoms with Gasteiger partial charge in [0.05, 0.1) is 6.10 Å². The van der Waals surface area contributed by atoms with Crippen LogP contribution in [0.1, 0.15) is 33.9 Å². The van der Waals surface area contributed by atoms with Crippen LogP contribution in [-0.4, -0.2) is 7.11 Å². The third-order valence-electron chi connectivity index (χ3n) is 8.00. The van der Waals surface area contributed by atoms with Crippen LogP contribution in [0.4, 0.5) is 0 Å². The third-order valence-corrected chi connectivity index (χ3v) is 13.0. The van der Waals surface area contributed by atoms with Crippen LogP contribution >= 0.6 is 15.8 Å². The van der Waals surface area contributed by atoms with Crippen LogP contribution in [0.25, 0.3) is 0 Å². The molecule has 0 heterocycles. The van der Waals surface area contributed by atoms with Gasteiger partial charge < -0.3 is 4.74 Å². The summed E-state index contributed by atoms with van der Waals surface area (Å²) in [5.41, 5.74) is 7.80. The van der Waals surface area contributed by atoms with E-state index in [1.165, 1.54) is 65.9 Å². The summed E-state index contributed by atoms with van der Waals surface area (Å²) in [6, 6.07) is 44.9. The minimum Gasteiger partial charge on any atom is -0.376 e. The molecule has 1 saturated carbocycles. The number of rotatable bonds is 9. The van der Waals surface area contributed by atoms with Crippen molar-refractivity contribution in [2.45, 2.75) is 33.8 Å². The highest BCUT2D eigenvalue weighted by Gasteiger charge is 2.43. The van der Waals surface area contributed by atoms with E-state index >= 15 is 0 Å². The van der Waals surface area contributed by atoms with Gasteiger partial charge in [0.2, 0.25) is 0 Å². The predicted octanol–water partition coefficient (Wildman–Crippen LogP) is 8.23. The number of hydrogen-bond acceptors (Lipinski definition) is 1. The molecular formula is C41H39OP2. The Labute approximate surface area is 267 Å². The summed E-state index contributed by atoms with van der Waals surface area (Å²) in [6.45, 7) is 8.84. The first-order valence-electron chi connectivity index (χ1n) is 15.2. The fourth-order valence-corrected chi connectivity index (χ4v) is 11.7. The highest BCUT2D eigenvalue weighted by atomic mass is 31.1. The molecule has 1 fully saturated rings. The van der Waals surface area contributed by atoms with Crippen LogP contribution in [0, 0.1) is 58.5 Å². The Morgan fingerprint density at radius 1 is 0.500 bits per heavy atom. The molecule has 0 bridgehead atoms. The zero-order chi connectivity index (χ0) is 30.6. The molecule has 0 aliphatic heterocycles. The van der Waals surface area contributed by atoms with Gasteiger partial charge in [-0.1, -0.05) is 144 Å². The predicted molar refractivity (Wildman–Crippen MR) is 192 cm³/mol. The van der Waals surface area contributed by atoms with E-state index in [2.05, 4.69) is 168 Å². The topological polar surface area (TPSA) is 9.23 Å². The summed E-state index contributed by atoms with van der Waals surface area (Å²) < 4.78 is 6.52. The number of ether oxygens (including phenoxy) is 1. The van der Waals surface area contributed by atoms with Crippen molar-refractivity contribution in [3.05, 3.63) is 180 Å². The monoisotopic (exact) mass is 609 g/mol. The summed E-state index contributed by atoms with van der Waals surface area (Å²) in [7, 11) is 0.267. The Hall–Kier alpha value is -3.08. The van der Waals surface area contributed by atoms with E-state index in [1.54, 1.807) is 0 Å². The third kappa shape index (κ3) is 6.62. The van der Waals surface area contributed by atoms with Crippen molar-refractivity contribution < 1.29 is 4.74 Å². The minimum atomic E-state index is -0.810. The molecule has 6 rings (SSSR count). The van der Waals surface area contributed by atoms with Crippen LogP contribution in [0.5, 0.6) is 0 Å². The molecule has 5 aromatic rings. The SMILES string of the molecule is CO[C@@H]([C]1[CH][CH][CH][C]1P(c1cc(C)cc(C)c1)c1cc(C)cc(C)c1)c1ccccc1P(c1ccccc1)c1ccccc1. The van der Waals surface area contributed by atoms with Crippen molar-refractivity contribution in [1.82, 2.24) is 0 Å². The fourth-order valence-electron chi connectivity index (χ4n) is 6.35. The average Bonchev–Trinajstić information content (AvgIpc) is 3.47. The molecule has 1 nitrogen and oxygen atoms in total. The van der Waals surface area contributed by atoms with E-state index in [1.807, 2.05) is 7.11 Å². The summed E-state index contributed by atoms with van der Waals surface area (Å²) in [5.74, 6) is 1.25. The van der Waals surface area contributed by atoms with Crippen molar-refractivity contribution in [2.75, 3.05) is 7.11 Å². The van der Waals surface area contributed by atoms with Gasteiger partial charge in [0, 0.05) is 18.7 Å². The van der Waals surface area contributed by atoms with Gasteiger partial charge in [0.1, 0.15) is 0 Å². The number of benzene rings is 5. The molecule has 1 aliphatic rings. The average molecular weight is 610 g/mol. The maximum Gasteiger partial charge on any atom is 0.0902 e. The van der Waals surface area contributed by atoms with Gasteiger partial charge in [-0.25, -0.2) is 0 Å². The highest BCUT2D eigenvalue weighted by Crippen LogP contribution is 2.60. The zero-order valence-electron chi connectivity index (χ0n) is 26.2. The van der Waals surface area contributed by atoms with Crippen molar-refractivity contribution >= 4 is 42.4 Å². The molecule has 219 valence electrons. The van der Waals surface area contributed by atoms with Crippen LogP contribution in [0.3, 0.4) is 0 Å². The molecule has 0 saturated heterocycles. The van der Waals surface area contributed by atoms with Crippen molar-refractivity contribution in [2.24, 2.45) is 0 Å². The second-order valence-corrected chi connectivity index (χ2v) is 15.9. The number of aryl methyl sites for hydroxylation is 4. The van der Waals surface area contributed by atoms with Crippen LogP contribution in [-0.2, 0) is 4.74 Å². The molecule has 0 unspecified atom stereocenters. The number of hydrogen-bond donors (Lipinski definition) is 0. The molecule has 0 spiro atoms. The molecule has 5 aromatic carbocycles. The quantitative estimate of drug-likeness (QED) is 0.153. The second-order valence-electron chi connectivity index (χ2n) is 11.6. The van der Waals surface area contributed by atoms with E-state index in [4.69, 9.17) is 4.74 Å². The van der Waals surface area contributed by atoms with Crippen molar-refractivity contribution in [3.8, 4) is 0 Å². The normalized spacial score (nSPS) is 14.9. The maximum atomic E-state index is 6.52. The lowest BCUT2D eigenvalue weighted by atomic mass is 9.94. The standard InChI is InChI=1S/C41H39OP2/c1-29-23-30(2)26-35(25-29)44(36-27-31(3)24-32(4)28-36)40-22-14-20-38(40)41(42-5)37-19-12-13-21-39(37)43(33-15-8-6-9-16-33)34-17-10-7-11-18-34/h6-28,41H,1-5H3/t41-/m1/s1. The first-order chi connectivity index (χ1) is 21.4. The van der Waals surface area contributed by atoms with E-state index in [-0.39, 0.29) is 6.10 Å². The Bertz CT molecular complexity index is 1570. The molecule has 44 heavy (non-hydrogen) atoms. The van der Waals surface area contributed by atoms with Gasteiger partial charge in [0.25, 0.3) is 0 Å². The molecule has 0 amide bonds. The van der Waals surface area contributed by atoms with Crippen molar-refractivity contribution in [1.29, 1.82) is 0 Å². The highest BCUT2D eigenvalue weighted by molar-refractivity contribution is 7.80. The van der Waals surface area contributed by atoms with E-state index in [9.17, 15) is 0 Å². The van der Waals surface area contributed by atoms with Gasteiger partial charge in [-0.2, -0.15) is 0 Å². The van der Waals surface area contributed by atoms with Gasteiger partial charge in [-0.3, -0.25) is 0 Å². The molecule has 3 heteroatoms. The van der Waals surface area contributed by atoms with Gasteiger partial charge in [0.15, 0.2) is 0 Å². The van der Waals surface area contributed by atoms with Crippen LogP contribution in [0.2, 0.25) is 0 Å². The lowest BCUT2D eigenvalue weighted by molar-refractivity contribution is 0.121. The summed E-state index contributed by atoms with van der Waals surface area (Å²) in [6.07, 6.45) is 6.64. The molecule has 1 aliphatic carbocycles. The molecule has 5 radical (unpaired) electrons. The lowest BCUT2D eigenvalue weighted by Crippen LogP contribution is -2.29. The molecule has 1 atom stereocenters. The Kier molecular flexibility index (Phi) is 9.78. The van der Waals surface area contributed by atoms with E-state index in [0.29, 0.717) is 0 Å². The summed E-state index contributed by atoms with van der Waals surface area (Å²) >= 11 is 0. The van der Waals surface area contributed by atoms with E-state index in [0.717, 1.165) is 0 Å². The Balaban J connectivity index is 1.47. The lowest BCUT2D eigenvalue weighted by Gasteiger charge is -2.35. The maximum absolute atomic E-state index is 6.52. The summed E-state index contributed by atoms with van der Waals surface area (Å²) in [5, 5.41) is 6.78. The molecule has 0 N–H and O–H groups in total.